The molecule has 1 fully saturated rings. The van der Waals surface area contributed by atoms with Crippen molar-refractivity contribution in [1.82, 2.24) is 15.6 Å². The van der Waals surface area contributed by atoms with Crippen molar-refractivity contribution in [3.05, 3.63) is 63.9 Å². The maximum atomic E-state index is 12.5. The Morgan fingerprint density at radius 1 is 1.08 bits per heavy atom. The van der Waals surface area contributed by atoms with E-state index in [1.54, 1.807) is 18.3 Å². The summed E-state index contributed by atoms with van der Waals surface area (Å²) >= 11 is 12.0. The molecule has 1 aliphatic carbocycles. The minimum atomic E-state index is -0.946. The second-order valence-corrected chi connectivity index (χ2v) is 7.17. The van der Waals surface area contributed by atoms with E-state index < -0.39 is 5.41 Å². The minimum Gasteiger partial charge on any atom is -0.355 e. The van der Waals surface area contributed by atoms with E-state index in [0.717, 1.165) is 11.3 Å². The molecule has 0 radical (unpaired) electrons. The maximum Gasteiger partial charge on any atom is 0.236 e. The summed E-state index contributed by atoms with van der Waals surface area (Å²) in [7, 11) is 0. The predicted molar refractivity (Wildman–Crippen MR) is 101 cm³/mol. The number of amides is 2. The van der Waals surface area contributed by atoms with E-state index in [2.05, 4.69) is 15.6 Å². The summed E-state index contributed by atoms with van der Waals surface area (Å²) in [5.41, 5.74) is 0.716. The average molecular weight is 392 g/mol. The summed E-state index contributed by atoms with van der Waals surface area (Å²) in [6.45, 7) is 0.727. The Balaban J connectivity index is 1.49. The number of aromatic nitrogens is 1. The topological polar surface area (TPSA) is 71.1 Å². The number of carbonyl (C=O) groups is 2. The van der Waals surface area contributed by atoms with Crippen LogP contribution in [0.4, 0.5) is 0 Å². The van der Waals surface area contributed by atoms with E-state index in [1.807, 2.05) is 24.3 Å². The van der Waals surface area contributed by atoms with Gasteiger partial charge in [-0.3, -0.25) is 14.6 Å². The molecule has 2 amide bonds. The lowest BCUT2D eigenvalue weighted by molar-refractivity contribution is -0.137. The normalized spacial score (nSPS) is 14.5. The molecule has 1 heterocycles. The summed E-state index contributed by atoms with van der Waals surface area (Å²) < 4.78 is 0. The van der Waals surface area contributed by atoms with Crippen molar-refractivity contribution in [3.8, 4) is 0 Å². The lowest BCUT2D eigenvalue weighted by Crippen LogP contribution is -2.43. The van der Waals surface area contributed by atoms with E-state index in [9.17, 15) is 9.59 Å². The molecule has 2 N–H and O–H groups in total. The molecule has 0 spiro atoms. The largest absolute Gasteiger partial charge is 0.355 e. The fraction of sp³-hybridized carbons (Fsp3) is 0.316. The summed E-state index contributed by atoms with van der Waals surface area (Å²) in [4.78, 5) is 29.1. The molecule has 136 valence electrons. The molecule has 1 aromatic heterocycles. The molecule has 0 aliphatic heterocycles. The number of nitrogens with zero attached hydrogens (tertiary/aromatic N) is 1. The van der Waals surface area contributed by atoms with Crippen LogP contribution in [0.3, 0.4) is 0 Å². The summed E-state index contributed by atoms with van der Waals surface area (Å²) in [5.74, 6) is -0.480. The van der Waals surface area contributed by atoms with Crippen molar-refractivity contribution in [3.63, 3.8) is 0 Å². The van der Waals surface area contributed by atoms with Crippen molar-refractivity contribution >= 4 is 35.0 Å². The highest BCUT2D eigenvalue weighted by molar-refractivity contribution is 6.35. The van der Waals surface area contributed by atoms with E-state index in [4.69, 9.17) is 23.2 Å². The van der Waals surface area contributed by atoms with Gasteiger partial charge < -0.3 is 10.6 Å². The zero-order valence-electron chi connectivity index (χ0n) is 14.1. The van der Waals surface area contributed by atoms with Gasteiger partial charge in [0.1, 0.15) is 5.41 Å². The number of pyridine rings is 1. The van der Waals surface area contributed by atoms with E-state index in [1.165, 1.54) is 0 Å². The number of benzene rings is 1. The summed E-state index contributed by atoms with van der Waals surface area (Å²) in [6, 6.07) is 10.8. The molecule has 7 heteroatoms. The van der Waals surface area contributed by atoms with Gasteiger partial charge in [0, 0.05) is 22.8 Å². The van der Waals surface area contributed by atoms with Crippen LogP contribution < -0.4 is 10.6 Å². The van der Waals surface area contributed by atoms with E-state index in [0.29, 0.717) is 42.4 Å². The van der Waals surface area contributed by atoms with Gasteiger partial charge in [0.05, 0.1) is 12.2 Å². The van der Waals surface area contributed by atoms with Crippen molar-refractivity contribution in [2.45, 2.75) is 25.8 Å². The minimum absolute atomic E-state index is 0.235. The molecule has 0 saturated heterocycles. The quantitative estimate of drug-likeness (QED) is 0.712. The van der Waals surface area contributed by atoms with E-state index in [-0.39, 0.29) is 11.8 Å². The Kier molecular flexibility index (Phi) is 5.79. The molecule has 26 heavy (non-hydrogen) atoms. The highest BCUT2D eigenvalue weighted by Crippen LogP contribution is 2.46. The second-order valence-electron chi connectivity index (χ2n) is 6.33. The van der Waals surface area contributed by atoms with Crippen LogP contribution in [0.2, 0.25) is 10.0 Å². The molecule has 5 nitrogen and oxygen atoms in total. The van der Waals surface area contributed by atoms with Crippen LogP contribution >= 0.6 is 23.2 Å². The standard InChI is InChI=1S/C19H19Cl2N3O2/c20-14-5-4-13(16(21)11-14)6-10-23-17(25)19(7-8-19)18(26)24-12-15-3-1-2-9-22-15/h1-5,9,11H,6-8,10,12H2,(H,23,25)(H,24,26). The zero-order chi connectivity index (χ0) is 18.6. The van der Waals surface area contributed by atoms with Gasteiger partial charge in [-0.2, -0.15) is 0 Å². The van der Waals surface area contributed by atoms with Gasteiger partial charge in [-0.25, -0.2) is 0 Å². The molecule has 0 unspecified atom stereocenters. The number of hydrogen-bond acceptors (Lipinski definition) is 3. The molecule has 0 atom stereocenters. The zero-order valence-corrected chi connectivity index (χ0v) is 15.6. The second kappa shape index (κ2) is 8.06. The van der Waals surface area contributed by atoms with E-state index >= 15 is 0 Å². The van der Waals surface area contributed by atoms with Crippen molar-refractivity contribution < 1.29 is 9.59 Å². The SMILES string of the molecule is O=C(NCCc1ccc(Cl)cc1Cl)C1(C(=O)NCc2ccccn2)CC1. The van der Waals surface area contributed by atoms with Crippen molar-refractivity contribution in [1.29, 1.82) is 0 Å². The first-order chi connectivity index (χ1) is 12.5. The maximum absolute atomic E-state index is 12.5. The average Bonchev–Trinajstić information content (AvgIpc) is 3.44. The van der Waals surface area contributed by atoms with Crippen LogP contribution in [0.5, 0.6) is 0 Å². The third-order valence-corrected chi connectivity index (χ3v) is 5.06. The van der Waals surface area contributed by atoms with Crippen LogP contribution in [-0.2, 0) is 22.6 Å². The summed E-state index contributed by atoms with van der Waals surface area (Å²) in [6.07, 6.45) is 3.37. The number of rotatable bonds is 7. The Bertz CT molecular complexity index is 808. The Morgan fingerprint density at radius 3 is 2.50 bits per heavy atom. The lowest BCUT2D eigenvalue weighted by Gasteiger charge is -2.15. The fourth-order valence-corrected chi connectivity index (χ4v) is 3.23. The van der Waals surface area contributed by atoms with Crippen LogP contribution in [0, 0.1) is 5.41 Å². The molecule has 1 aliphatic rings. The number of carbonyl (C=O) groups excluding carboxylic acids is 2. The number of hydrogen-bond donors (Lipinski definition) is 2. The first kappa shape index (κ1) is 18.7. The molecular formula is C19H19Cl2N3O2. The Morgan fingerprint density at radius 2 is 1.85 bits per heavy atom. The third kappa shape index (κ3) is 4.34. The van der Waals surface area contributed by atoms with Crippen LogP contribution in [0.15, 0.2) is 42.6 Å². The van der Waals surface area contributed by atoms with Gasteiger partial charge in [-0.05, 0) is 49.1 Å². The molecule has 2 aromatic rings. The Labute approximate surface area is 162 Å². The van der Waals surface area contributed by atoms with Gasteiger partial charge >= 0.3 is 0 Å². The van der Waals surface area contributed by atoms with Gasteiger partial charge in [-0.1, -0.05) is 35.3 Å². The molecule has 0 bridgehead atoms. The molecular weight excluding hydrogens is 373 g/mol. The number of halogens is 2. The molecule has 1 saturated carbocycles. The number of nitrogens with one attached hydrogen (secondary N) is 2. The molecule has 3 rings (SSSR count). The van der Waals surface area contributed by atoms with Gasteiger partial charge in [0.15, 0.2) is 0 Å². The fourth-order valence-electron chi connectivity index (χ4n) is 2.73. The van der Waals surface area contributed by atoms with Crippen molar-refractivity contribution in [2.24, 2.45) is 5.41 Å². The molecule has 1 aromatic carbocycles. The van der Waals surface area contributed by atoms with Crippen LogP contribution in [0.25, 0.3) is 0 Å². The monoisotopic (exact) mass is 391 g/mol. The summed E-state index contributed by atoms with van der Waals surface area (Å²) in [5, 5.41) is 6.80. The van der Waals surface area contributed by atoms with Gasteiger partial charge in [0.25, 0.3) is 0 Å². The predicted octanol–water partition coefficient (Wildman–Crippen LogP) is 3.14. The Hall–Kier alpha value is -2.11. The van der Waals surface area contributed by atoms with Gasteiger partial charge in [0.2, 0.25) is 11.8 Å². The first-order valence-corrected chi connectivity index (χ1v) is 9.17. The first-order valence-electron chi connectivity index (χ1n) is 8.42. The third-order valence-electron chi connectivity index (χ3n) is 4.47. The van der Waals surface area contributed by atoms with Crippen molar-refractivity contribution in [2.75, 3.05) is 6.54 Å². The smallest absolute Gasteiger partial charge is 0.236 e. The highest BCUT2D eigenvalue weighted by Gasteiger charge is 2.56. The van der Waals surface area contributed by atoms with Crippen LogP contribution in [0.1, 0.15) is 24.1 Å². The highest BCUT2D eigenvalue weighted by atomic mass is 35.5. The van der Waals surface area contributed by atoms with Crippen LogP contribution in [-0.4, -0.2) is 23.3 Å². The van der Waals surface area contributed by atoms with Gasteiger partial charge in [-0.15, -0.1) is 0 Å². The lowest BCUT2D eigenvalue weighted by atomic mass is 10.0.